The number of amides is 1. The van der Waals surface area contributed by atoms with Gasteiger partial charge in [-0.2, -0.15) is 0 Å². The van der Waals surface area contributed by atoms with Crippen molar-refractivity contribution in [3.8, 4) is 5.75 Å². The van der Waals surface area contributed by atoms with Crippen molar-refractivity contribution >= 4 is 5.91 Å². The summed E-state index contributed by atoms with van der Waals surface area (Å²) < 4.78 is 0. The fourth-order valence-corrected chi connectivity index (χ4v) is 3.28. The summed E-state index contributed by atoms with van der Waals surface area (Å²) in [7, 11) is 0. The predicted octanol–water partition coefficient (Wildman–Crippen LogP) is 1.85. The van der Waals surface area contributed by atoms with Crippen LogP contribution in [0.4, 0.5) is 0 Å². The third-order valence-corrected chi connectivity index (χ3v) is 4.50. The minimum atomic E-state index is -0.632. The lowest BCUT2D eigenvalue weighted by molar-refractivity contribution is 0.0841. The molecular formula is C20H24N2O3. The highest BCUT2D eigenvalue weighted by molar-refractivity contribution is 5.94. The standard InChI is InChI=1S/C20H24N2O3/c1-14-8-17(10-18(23)9-14)20(25)21-11-19(24)13-22-7-6-15-4-2-3-5-16(15)12-22/h2-5,8-10,19,23-24H,6-7,11-13H2,1H3,(H,21,25)/t19-/m0/s1. The molecule has 5 heteroatoms. The molecule has 1 heterocycles. The van der Waals surface area contributed by atoms with Gasteiger partial charge in [0.1, 0.15) is 5.75 Å². The molecule has 132 valence electrons. The fourth-order valence-electron chi connectivity index (χ4n) is 3.28. The minimum absolute atomic E-state index is 0.0673. The molecule has 1 aliphatic heterocycles. The molecule has 2 aromatic rings. The molecule has 0 saturated heterocycles. The molecule has 0 fully saturated rings. The normalized spacial score (nSPS) is 15.4. The Morgan fingerprint density at radius 1 is 1.24 bits per heavy atom. The van der Waals surface area contributed by atoms with Crippen LogP contribution >= 0.6 is 0 Å². The zero-order valence-electron chi connectivity index (χ0n) is 14.4. The number of phenols is 1. The summed E-state index contributed by atoms with van der Waals surface area (Å²) >= 11 is 0. The van der Waals surface area contributed by atoms with Crippen LogP contribution in [-0.4, -0.2) is 46.8 Å². The van der Waals surface area contributed by atoms with Crippen molar-refractivity contribution in [3.63, 3.8) is 0 Å². The van der Waals surface area contributed by atoms with E-state index in [1.807, 2.05) is 13.0 Å². The highest BCUT2D eigenvalue weighted by Gasteiger charge is 2.19. The van der Waals surface area contributed by atoms with Crippen LogP contribution in [-0.2, 0) is 13.0 Å². The Balaban J connectivity index is 1.50. The molecule has 0 aliphatic carbocycles. The largest absolute Gasteiger partial charge is 0.508 e. The van der Waals surface area contributed by atoms with Crippen molar-refractivity contribution in [2.45, 2.75) is 26.0 Å². The Labute approximate surface area is 147 Å². The van der Waals surface area contributed by atoms with Gasteiger partial charge in [0.05, 0.1) is 6.10 Å². The first-order valence-electron chi connectivity index (χ1n) is 8.57. The van der Waals surface area contributed by atoms with Gasteiger partial charge in [-0.05, 0) is 48.2 Å². The third kappa shape index (κ3) is 4.59. The Morgan fingerprint density at radius 2 is 2.00 bits per heavy atom. The highest BCUT2D eigenvalue weighted by Crippen LogP contribution is 2.18. The molecule has 5 nitrogen and oxygen atoms in total. The number of phenolic OH excluding ortho intramolecular Hbond substituents is 1. The minimum Gasteiger partial charge on any atom is -0.508 e. The number of carbonyl (C=O) groups is 1. The van der Waals surface area contributed by atoms with E-state index in [-0.39, 0.29) is 18.2 Å². The Morgan fingerprint density at radius 3 is 2.76 bits per heavy atom. The van der Waals surface area contributed by atoms with Crippen LogP contribution in [0.1, 0.15) is 27.0 Å². The summed E-state index contributed by atoms with van der Waals surface area (Å²) in [5.74, 6) is -0.222. The third-order valence-electron chi connectivity index (χ3n) is 4.50. The van der Waals surface area contributed by atoms with E-state index in [1.165, 1.54) is 17.2 Å². The molecule has 0 spiro atoms. The second-order valence-corrected chi connectivity index (χ2v) is 6.67. The number of β-amino-alcohol motifs (C(OH)–C–C–N with tert-alkyl or cyclic N) is 1. The molecule has 0 radical (unpaired) electrons. The number of aliphatic hydroxyl groups is 1. The lowest BCUT2D eigenvalue weighted by Crippen LogP contribution is -2.42. The lowest BCUT2D eigenvalue weighted by atomic mass is 10.00. The first-order chi connectivity index (χ1) is 12.0. The van der Waals surface area contributed by atoms with Gasteiger partial charge in [0.2, 0.25) is 0 Å². The molecule has 3 rings (SSSR count). The van der Waals surface area contributed by atoms with Crippen molar-refractivity contribution in [2.75, 3.05) is 19.6 Å². The summed E-state index contributed by atoms with van der Waals surface area (Å²) in [6, 6.07) is 13.1. The monoisotopic (exact) mass is 340 g/mol. The number of carbonyl (C=O) groups excluding carboxylic acids is 1. The van der Waals surface area contributed by atoms with Crippen LogP contribution in [0.15, 0.2) is 42.5 Å². The van der Waals surface area contributed by atoms with E-state index in [0.29, 0.717) is 12.1 Å². The zero-order chi connectivity index (χ0) is 17.8. The predicted molar refractivity (Wildman–Crippen MR) is 96.6 cm³/mol. The molecule has 0 unspecified atom stereocenters. The molecule has 3 N–H and O–H groups in total. The van der Waals surface area contributed by atoms with E-state index < -0.39 is 6.10 Å². The first-order valence-corrected chi connectivity index (χ1v) is 8.57. The van der Waals surface area contributed by atoms with Crippen LogP contribution in [0.5, 0.6) is 5.75 Å². The lowest BCUT2D eigenvalue weighted by Gasteiger charge is -2.30. The smallest absolute Gasteiger partial charge is 0.251 e. The molecule has 25 heavy (non-hydrogen) atoms. The molecule has 1 atom stereocenters. The Hall–Kier alpha value is -2.37. The second kappa shape index (κ2) is 7.68. The van der Waals surface area contributed by atoms with E-state index in [2.05, 4.69) is 28.4 Å². The number of fused-ring (bicyclic) bond motifs is 1. The number of nitrogens with one attached hydrogen (secondary N) is 1. The maximum absolute atomic E-state index is 12.2. The summed E-state index contributed by atoms with van der Waals surface area (Å²) in [4.78, 5) is 14.4. The highest BCUT2D eigenvalue weighted by atomic mass is 16.3. The summed E-state index contributed by atoms with van der Waals surface area (Å²) in [6.07, 6.45) is 0.352. The van der Waals surface area contributed by atoms with Crippen LogP contribution in [0.3, 0.4) is 0 Å². The van der Waals surface area contributed by atoms with Gasteiger partial charge in [-0.3, -0.25) is 9.69 Å². The maximum Gasteiger partial charge on any atom is 0.251 e. The van der Waals surface area contributed by atoms with Crippen molar-refractivity contribution in [1.29, 1.82) is 0 Å². The quantitative estimate of drug-likeness (QED) is 0.777. The van der Waals surface area contributed by atoms with Crippen LogP contribution < -0.4 is 5.32 Å². The zero-order valence-corrected chi connectivity index (χ0v) is 14.4. The molecule has 0 saturated carbocycles. The fraction of sp³-hybridized carbons (Fsp3) is 0.350. The van der Waals surface area contributed by atoms with Crippen molar-refractivity contribution in [1.82, 2.24) is 10.2 Å². The number of aromatic hydroxyl groups is 1. The van der Waals surface area contributed by atoms with Gasteiger partial charge >= 0.3 is 0 Å². The van der Waals surface area contributed by atoms with Gasteiger partial charge in [0.25, 0.3) is 5.91 Å². The van der Waals surface area contributed by atoms with Crippen LogP contribution in [0.2, 0.25) is 0 Å². The SMILES string of the molecule is Cc1cc(O)cc(C(=O)NC[C@H](O)CN2CCc3ccccc3C2)c1. The molecule has 1 aliphatic rings. The number of hydrogen-bond acceptors (Lipinski definition) is 4. The summed E-state index contributed by atoms with van der Waals surface area (Å²) in [6.45, 7) is 4.26. The van der Waals surface area contributed by atoms with Crippen molar-refractivity contribution in [2.24, 2.45) is 0 Å². The summed E-state index contributed by atoms with van der Waals surface area (Å²) in [5.41, 5.74) is 3.90. The van der Waals surface area contributed by atoms with Gasteiger partial charge in [-0.1, -0.05) is 24.3 Å². The average Bonchev–Trinajstić information content (AvgIpc) is 2.58. The maximum atomic E-state index is 12.2. The second-order valence-electron chi connectivity index (χ2n) is 6.67. The van der Waals surface area contributed by atoms with Crippen LogP contribution in [0, 0.1) is 6.92 Å². The van der Waals surface area contributed by atoms with Gasteiger partial charge in [0.15, 0.2) is 0 Å². The molecule has 2 aromatic carbocycles. The van der Waals surface area contributed by atoms with E-state index >= 15 is 0 Å². The van der Waals surface area contributed by atoms with Crippen molar-refractivity contribution in [3.05, 3.63) is 64.7 Å². The Kier molecular flexibility index (Phi) is 5.36. The van der Waals surface area contributed by atoms with E-state index in [9.17, 15) is 15.0 Å². The number of nitrogens with zero attached hydrogens (tertiary/aromatic N) is 1. The van der Waals surface area contributed by atoms with Crippen molar-refractivity contribution < 1.29 is 15.0 Å². The van der Waals surface area contributed by atoms with E-state index in [4.69, 9.17) is 0 Å². The van der Waals surface area contributed by atoms with Gasteiger partial charge in [0, 0.05) is 31.7 Å². The van der Waals surface area contributed by atoms with Crippen LogP contribution in [0.25, 0.3) is 0 Å². The number of benzene rings is 2. The van der Waals surface area contributed by atoms with Gasteiger partial charge in [-0.25, -0.2) is 0 Å². The Bertz CT molecular complexity index is 740. The number of aryl methyl sites for hydroxylation is 1. The van der Waals surface area contributed by atoms with E-state index in [0.717, 1.165) is 25.1 Å². The molecule has 1 amide bonds. The molecule has 0 bridgehead atoms. The molecule has 0 aromatic heterocycles. The van der Waals surface area contributed by atoms with Gasteiger partial charge < -0.3 is 15.5 Å². The summed E-state index contributed by atoms with van der Waals surface area (Å²) in [5, 5.41) is 22.6. The first kappa shape index (κ1) is 17.5. The molecular weight excluding hydrogens is 316 g/mol. The number of hydrogen-bond donors (Lipinski definition) is 3. The number of rotatable bonds is 5. The topological polar surface area (TPSA) is 72.8 Å². The van der Waals surface area contributed by atoms with E-state index in [1.54, 1.807) is 12.1 Å². The average molecular weight is 340 g/mol. The number of aliphatic hydroxyl groups excluding tert-OH is 1. The van der Waals surface area contributed by atoms with Gasteiger partial charge in [-0.15, -0.1) is 0 Å².